The molecule has 4 N–H and O–H groups in total. The molecular formula is C17H20FN3. The van der Waals surface area contributed by atoms with Gasteiger partial charge >= 0.3 is 0 Å². The summed E-state index contributed by atoms with van der Waals surface area (Å²) >= 11 is 0. The number of nitrogens with two attached hydrogens (primary N) is 2. The first-order valence-corrected chi connectivity index (χ1v) is 7.28. The fraction of sp³-hybridized carbons (Fsp3) is 0.353. The molecule has 2 atom stereocenters. The van der Waals surface area contributed by atoms with Crippen molar-refractivity contribution in [2.75, 3.05) is 0 Å². The van der Waals surface area contributed by atoms with Crippen molar-refractivity contribution in [1.82, 2.24) is 4.98 Å². The van der Waals surface area contributed by atoms with E-state index in [0.717, 1.165) is 16.8 Å². The maximum atomic E-state index is 13.1. The molecule has 0 aliphatic heterocycles. The van der Waals surface area contributed by atoms with Gasteiger partial charge in [-0.15, -0.1) is 0 Å². The maximum absolute atomic E-state index is 13.1. The lowest BCUT2D eigenvalue weighted by atomic mass is 9.79. The Morgan fingerprint density at radius 1 is 1.14 bits per heavy atom. The Bertz CT molecular complexity index is 617. The molecule has 0 amide bonds. The van der Waals surface area contributed by atoms with Crippen LogP contribution >= 0.6 is 0 Å². The minimum Gasteiger partial charge on any atom is -0.326 e. The Kier molecular flexibility index (Phi) is 3.51. The number of rotatable bonds is 4. The van der Waals surface area contributed by atoms with E-state index < -0.39 is 5.54 Å². The third-order valence-electron chi connectivity index (χ3n) is 4.30. The van der Waals surface area contributed by atoms with Gasteiger partial charge in [0, 0.05) is 23.9 Å². The molecule has 1 aliphatic rings. The van der Waals surface area contributed by atoms with Gasteiger partial charge in [0.2, 0.25) is 0 Å². The summed E-state index contributed by atoms with van der Waals surface area (Å²) in [6.07, 6.45) is 4.23. The molecule has 1 aromatic carbocycles. The predicted octanol–water partition coefficient (Wildman–Crippen LogP) is 2.65. The Labute approximate surface area is 124 Å². The normalized spacial score (nSPS) is 19.0. The quantitative estimate of drug-likeness (QED) is 0.907. The maximum Gasteiger partial charge on any atom is 0.123 e. The van der Waals surface area contributed by atoms with Crippen LogP contribution < -0.4 is 11.5 Å². The molecule has 21 heavy (non-hydrogen) atoms. The highest BCUT2D eigenvalue weighted by molar-refractivity contribution is 5.39. The average Bonchev–Trinajstić information content (AvgIpc) is 3.32. The van der Waals surface area contributed by atoms with E-state index in [0.29, 0.717) is 5.92 Å². The van der Waals surface area contributed by atoms with Crippen LogP contribution in [0.2, 0.25) is 0 Å². The van der Waals surface area contributed by atoms with Crippen LogP contribution in [0, 0.1) is 5.82 Å². The van der Waals surface area contributed by atoms with Crippen LogP contribution in [-0.4, -0.2) is 11.0 Å². The van der Waals surface area contributed by atoms with Gasteiger partial charge in [0.15, 0.2) is 0 Å². The fourth-order valence-electron chi connectivity index (χ4n) is 2.69. The predicted molar refractivity (Wildman–Crippen MR) is 81.2 cm³/mol. The highest BCUT2D eigenvalue weighted by atomic mass is 19.1. The second kappa shape index (κ2) is 5.20. The molecule has 1 heterocycles. The number of benzene rings is 1. The van der Waals surface area contributed by atoms with E-state index in [9.17, 15) is 4.39 Å². The van der Waals surface area contributed by atoms with Crippen LogP contribution in [0.15, 0.2) is 42.6 Å². The lowest BCUT2D eigenvalue weighted by molar-refractivity contribution is 0.443. The summed E-state index contributed by atoms with van der Waals surface area (Å²) in [6, 6.07) is 9.89. The number of aromatic nitrogens is 1. The lowest BCUT2D eigenvalue weighted by Gasteiger charge is -2.34. The smallest absolute Gasteiger partial charge is 0.123 e. The summed E-state index contributed by atoms with van der Waals surface area (Å²) in [4.78, 5) is 4.52. The topological polar surface area (TPSA) is 64.9 Å². The molecule has 3 nitrogen and oxygen atoms in total. The largest absolute Gasteiger partial charge is 0.326 e. The van der Waals surface area contributed by atoms with Gasteiger partial charge in [-0.3, -0.25) is 4.98 Å². The molecule has 1 saturated carbocycles. The third-order valence-corrected chi connectivity index (χ3v) is 4.30. The highest BCUT2D eigenvalue weighted by Crippen LogP contribution is 2.39. The van der Waals surface area contributed by atoms with E-state index >= 15 is 0 Å². The van der Waals surface area contributed by atoms with E-state index in [1.165, 1.54) is 25.0 Å². The SMILES string of the molecule is C[C@H](N)[C@](N)(c1ccc(F)cc1)c1ccc(C2CC2)nc1. The van der Waals surface area contributed by atoms with Gasteiger partial charge in [-0.2, -0.15) is 0 Å². The Hall–Kier alpha value is -1.78. The average molecular weight is 285 g/mol. The molecule has 0 saturated heterocycles. The molecule has 4 heteroatoms. The van der Waals surface area contributed by atoms with Crippen molar-refractivity contribution in [3.05, 3.63) is 65.2 Å². The number of hydrogen-bond donors (Lipinski definition) is 2. The standard InChI is InChI=1S/C17H20FN3/c1-11(19)17(20,13-4-7-15(18)8-5-13)14-6-9-16(21-10-14)12-2-3-12/h4-12H,2-3,19-20H2,1H3/t11-,17-/m0/s1. The van der Waals surface area contributed by atoms with Crippen LogP contribution in [0.5, 0.6) is 0 Å². The van der Waals surface area contributed by atoms with Crippen molar-refractivity contribution in [1.29, 1.82) is 0 Å². The minimum atomic E-state index is -0.872. The number of nitrogens with zero attached hydrogens (tertiary/aromatic N) is 1. The van der Waals surface area contributed by atoms with Crippen LogP contribution in [0.1, 0.15) is 42.5 Å². The summed E-state index contributed by atoms with van der Waals surface area (Å²) in [7, 11) is 0. The van der Waals surface area contributed by atoms with Crippen molar-refractivity contribution in [3.8, 4) is 0 Å². The molecule has 110 valence electrons. The van der Waals surface area contributed by atoms with E-state index in [4.69, 9.17) is 11.5 Å². The molecule has 0 spiro atoms. The fourth-order valence-corrected chi connectivity index (χ4v) is 2.69. The molecule has 0 radical (unpaired) electrons. The van der Waals surface area contributed by atoms with Gasteiger partial charge in [-0.25, -0.2) is 4.39 Å². The van der Waals surface area contributed by atoms with Gasteiger partial charge in [0.25, 0.3) is 0 Å². The third kappa shape index (κ3) is 2.57. The first-order valence-electron chi connectivity index (χ1n) is 7.28. The van der Waals surface area contributed by atoms with E-state index in [-0.39, 0.29) is 11.9 Å². The van der Waals surface area contributed by atoms with Crippen molar-refractivity contribution in [2.24, 2.45) is 11.5 Å². The molecule has 0 bridgehead atoms. The molecule has 1 aromatic heterocycles. The molecule has 1 fully saturated rings. The van der Waals surface area contributed by atoms with E-state index in [1.54, 1.807) is 18.3 Å². The number of pyridine rings is 1. The van der Waals surface area contributed by atoms with Gasteiger partial charge in [0.1, 0.15) is 5.82 Å². The Morgan fingerprint density at radius 2 is 1.76 bits per heavy atom. The second-order valence-corrected chi connectivity index (χ2v) is 5.91. The summed E-state index contributed by atoms with van der Waals surface area (Å²) < 4.78 is 13.1. The summed E-state index contributed by atoms with van der Waals surface area (Å²) in [5, 5.41) is 0. The van der Waals surface area contributed by atoms with Gasteiger partial charge < -0.3 is 11.5 Å². The number of halogens is 1. The van der Waals surface area contributed by atoms with Crippen LogP contribution in [-0.2, 0) is 5.54 Å². The van der Waals surface area contributed by atoms with Gasteiger partial charge in [0.05, 0.1) is 5.54 Å². The Morgan fingerprint density at radius 3 is 2.24 bits per heavy atom. The zero-order valence-corrected chi connectivity index (χ0v) is 12.1. The second-order valence-electron chi connectivity index (χ2n) is 5.91. The molecule has 0 unspecified atom stereocenters. The monoisotopic (exact) mass is 285 g/mol. The summed E-state index contributed by atoms with van der Waals surface area (Å²) in [5.41, 5.74) is 14.6. The summed E-state index contributed by atoms with van der Waals surface area (Å²) in [6.45, 7) is 1.86. The Balaban J connectivity index is 2.01. The number of hydrogen-bond acceptors (Lipinski definition) is 3. The molecule has 2 aromatic rings. The van der Waals surface area contributed by atoms with Crippen molar-refractivity contribution >= 4 is 0 Å². The minimum absolute atomic E-state index is 0.284. The van der Waals surface area contributed by atoms with Gasteiger partial charge in [-0.05, 0) is 49.1 Å². The van der Waals surface area contributed by atoms with Crippen LogP contribution in [0.4, 0.5) is 4.39 Å². The van der Waals surface area contributed by atoms with E-state index in [1.807, 2.05) is 19.1 Å². The van der Waals surface area contributed by atoms with Crippen LogP contribution in [0.3, 0.4) is 0 Å². The first-order chi connectivity index (χ1) is 10.0. The van der Waals surface area contributed by atoms with E-state index in [2.05, 4.69) is 4.98 Å². The summed E-state index contributed by atoms with van der Waals surface area (Å²) in [5.74, 6) is 0.320. The molecule has 1 aliphatic carbocycles. The zero-order valence-electron chi connectivity index (χ0n) is 12.1. The highest BCUT2D eigenvalue weighted by Gasteiger charge is 2.35. The molecule has 3 rings (SSSR count). The zero-order chi connectivity index (χ0) is 15.0. The van der Waals surface area contributed by atoms with Gasteiger partial charge in [-0.1, -0.05) is 18.2 Å². The van der Waals surface area contributed by atoms with Crippen LogP contribution in [0.25, 0.3) is 0 Å². The van der Waals surface area contributed by atoms with Crippen molar-refractivity contribution in [3.63, 3.8) is 0 Å². The van der Waals surface area contributed by atoms with Crippen molar-refractivity contribution in [2.45, 2.75) is 37.3 Å². The first kappa shape index (κ1) is 14.2. The molecular weight excluding hydrogens is 265 g/mol. The lowest BCUT2D eigenvalue weighted by Crippen LogP contribution is -2.51. The van der Waals surface area contributed by atoms with Crippen molar-refractivity contribution < 1.29 is 4.39 Å².